The zero-order valence-electron chi connectivity index (χ0n) is 17.7. The molecule has 0 saturated carbocycles. The summed E-state index contributed by atoms with van der Waals surface area (Å²) in [5.41, 5.74) is 6.15. The molecular weight excluding hydrogens is 402 g/mol. The molecule has 0 radical (unpaired) electrons. The van der Waals surface area contributed by atoms with Crippen molar-refractivity contribution in [1.29, 1.82) is 0 Å². The highest BCUT2D eigenvalue weighted by Gasteiger charge is 2.26. The largest absolute Gasteiger partial charge is 0.478 e. The molecule has 0 bridgehead atoms. The molecule has 4 aromatic rings. The van der Waals surface area contributed by atoms with Gasteiger partial charge in [0.1, 0.15) is 11.5 Å². The summed E-state index contributed by atoms with van der Waals surface area (Å²) in [5.74, 6) is 0.426. The summed E-state index contributed by atoms with van der Waals surface area (Å²) in [5, 5.41) is 24.8. The molecule has 0 fully saturated rings. The van der Waals surface area contributed by atoms with E-state index in [1.807, 2.05) is 34.7 Å². The van der Waals surface area contributed by atoms with Crippen LogP contribution in [0.4, 0.5) is 5.95 Å². The second kappa shape index (κ2) is 7.77. The number of benzene rings is 3. The van der Waals surface area contributed by atoms with Gasteiger partial charge >= 0.3 is 5.97 Å². The van der Waals surface area contributed by atoms with Crippen molar-refractivity contribution in [2.24, 2.45) is 5.10 Å². The molecule has 7 heteroatoms. The number of anilines is 1. The van der Waals surface area contributed by atoms with Crippen molar-refractivity contribution in [3.8, 4) is 5.69 Å². The number of hydrogen-bond acceptors (Lipinski definition) is 5. The minimum atomic E-state index is -0.947. The van der Waals surface area contributed by atoms with Crippen molar-refractivity contribution in [3.05, 3.63) is 106 Å². The first-order valence-corrected chi connectivity index (χ1v) is 10.3. The van der Waals surface area contributed by atoms with E-state index < -0.39 is 5.97 Å². The normalized spacial score (nSPS) is 12.6. The molecule has 1 N–H and O–H groups in total. The van der Waals surface area contributed by atoms with Gasteiger partial charge in [-0.3, -0.25) is 4.57 Å². The number of aryl methyl sites for hydroxylation is 2. The van der Waals surface area contributed by atoms with Crippen LogP contribution >= 0.6 is 0 Å². The molecule has 1 aliphatic rings. The lowest BCUT2D eigenvalue weighted by atomic mass is 9.99. The van der Waals surface area contributed by atoms with E-state index in [4.69, 9.17) is 5.10 Å². The van der Waals surface area contributed by atoms with Crippen LogP contribution in [-0.4, -0.2) is 31.6 Å². The summed E-state index contributed by atoms with van der Waals surface area (Å²) < 4.78 is 2.01. The van der Waals surface area contributed by atoms with Gasteiger partial charge in [-0.2, -0.15) is 5.10 Å². The molecule has 0 aliphatic carbocycles. The maximum absolute atomic E-state index is 11.2. The Hall–Kier alpha value is -4.26. The number of fused-ring (bicyclic) bond motifs is 3. The van der Waals surface area contributed by atoms with E-state index in [1.54, 1.807) is 24.3 Å². The Morgan fingerprint density at radius 3 is 2.34 bits per heavy atom. The van der Waals surface area contributed by atoms with E-state index in [-0.39, 0.29) is 5.56 Å². The first-order valence-electron chi connectivity index (χ1n) is 10.3. The highest BCUT2D eigenvalue weighted by atomic mass is 16.4. The molecule has 0 saturated heterocycles. The number of aromatic nitrogens is 3. The maximum atomic E-state index is 11.2. The van der Waals surface area contributed by atoms with Crippen LogP contribution in [0, 0.1) is 13.8 Å². The van der Waals surface area contributed by atoms with Crippen LogP contribution in [0.5, 0.6) is 0 Å². The number of carboxylic acid groups (broad SMARTS) is 1. The topological polar surface area (TPSA) is 83.6 Å². The molecule has 0 unspecified atom stereocenters. The minimum absolute atomic E-state index is 0.250. The Balaban J connectivity index is 1.67. The average Bonchev–Trinajstić information content (AvgIpc) is 3.12. The molecule has 32 heavy (non-hydrogen) atoms. The molecule has 2 heterocycles. The molecule has 1 aromatic heterocycles. The van der Waals surface area contributed by atoms with Gasteiger partial charge in [0.2, 0.25) is 0 Å². The summed E-state index contributed by atoms with van der Waals surface area (Å²) in [4.78, 5) is 11.2. The zero-order valence-corrected chi connectivity index (χ0v) is 17.7. The monoisotopic (exact) mass is 423 g/mol. The van der Waals surface area contributed by atoms with Crippen LogP contribution in [0.1, 0.15) is 38.4 Å². The second-order valence-corrected chi connectivity index (χ2v) is 7.77. The molecule has 158 valence electrons. The van der Waals surface area contributed by atoms with Gasteiger partial charge in [-0.05, 0) is 37.6 Å². The van der Waals surface area contributed by atoms with E-state index >= 15 is 0 Å². The molecule has 5 rings (SSSR count). The van der Waals surface area contributed by atoms with Crippen LogP contribution in [0.15, 0.2) is 77.9 Å². The lowest BCUT2D eigenvalue weighted by Crippen LogP contribution is -2.20. The van der Waals surface area contributed by atoms with E-state index in [2.05, 4.69) is 47.5 Å². The second-order valence-electron chi connectivity index (χ2n) is 7.77. The van der Waals surface area contributed by atoms with Crippen LogP contribution in [0.3, 0.4) is 0 Å². The molecule has 0 spiro atoms. The third kappa shape index (κ3) is 3.43. The number of carbonyl (C=O) groups is 1. The number of nitrogens with zero attached hydrogens (tertiary/aromatic N) is 5. The molecule has 7 nitrogen and oxygen atoms in total. The Bertz CT molecular complexity index is 1340. The first-order chi connectivity index (χ1) is 15.5. The minimum Gasteiger partial charge on any atom is -0.478 e. The third-order valence-corrected chi connectivity index (χ3v) is 5.52. The number of aromatic carboxylic acids is 1. The van der Waals surface area contributed by atoms with E-state index in [9.17, 15) is 9.90 Å². The van der Waals surface area contributed by atoms with Crippen LogP contribution in [0.2, 0.25) is 0 Å². The first kappa shape index (κ1) is 19.7. The predicted octanol–water partition coefficient (Wildman–Crippen LogP) is 4.35. The Morgan fingerprint density at radius 2 is 1.62 bits per heavy atom. The summed E-state index contributed by atoms with van der Waals surface area (Å²) in [7, 11) is 0. The average molecular weight is 423 g/mol. The Labute approximate surface area is 185 Å². The lowest BCUT2D eigenvalue weighted by Gasteiger charge is -2.18. The maximum Gasteiger partial charge on any atom is 0.335 e. The SMILES string of the molecule is Cc1ccc(C2=NN(Cc3ccc(C(=O)O)cc3)c3nnc(C)n3-c3ccccc32)cc1. The smallest absolute Gasteiger partial charge is 0.335 e. The zero-order chi connectivity index (χ0) is 22.2. The number of carboxylic acids is 1. The lowest BCUT2D eigenvalue weighted by molar-refractivity contribution is 0.0697. The number of hydrogen-bond donors (Lipinski definition) is 1. The van der Waals surface area contributed by atoms with E-state index in [0.717, 1.165) is 33.9 Å². The third-order valence-electron chi connectivity index (χ3n) is 5.52. The van der Waals surface area contributed by atoms with Gasteiger partial charge in [-0.25, -0.2) is 9.80 Å². The Morgan fingerprint density at radius 1 is 0.906 bits per heavy atom. The van der Waals surface area contributed by atoms with Gasteiger partial charge in [-0.1, -0.05) is 60.2 Å². The fraction of sp³-hybridized carbons (Fsp3) is 0.120. The molecule has 1 aliphatic heterocycles. The number of para-hydroxylation sites is 1. The van der Waals surface area contributed by atoms with Crippen molar-refractivity contribution in [1.82, 2.24) is 14.8 Å². The fourth-order valence-corrected chi connectivity index (χ4v) is 3.84. The fourth-order valence-electron chi connectivity index (χ4n) is 3.84. The predicted molar refractivity (Wildman–Crippen MR) is 122 cm³/mol. The standard InChI is InChI=1S/C25H21N5O2/c1-16-7-11-19(12-8-16)23-21-5-3-4-6-22(21)30-17(2)26-27-25(30)29(28-23)15-18-9-13-20(14-10-18)24(31)32/h3-14H,15H2,1-2H3,(H,31,32). The van der Waals surface area contributed by atoms with Gasteiger partial charge in [-0.15, -0.1) is 10.2 Å². The van der Waals surface area contributed by atoms with Crippen molar-refractivity contribution in [2.45, 2.75) is 20.4 Å². The summed E-state index contributed by atoms with van der Waals surface area (Å²) >= 11 is 0. The van der Waals surface area contributed by atoms with Crippen molar-refractivity contribution < 1.29 is 9.90 Å². The number of rotatable bonds is 4. The van der Waals surface area contributed by atoms with Crippen LogP contribution < -0.4 is 5.01 Å². The number of hydrazone groups is 1. The summed E-state index contributed by atoms with van der Waals surface area (Å²) in [6, 6.07) is 23.2. The quantitative estimate of drug-likeness (QED) is 0.527. The van der Waals surface area contributed by atoms with E-state index in [0.29, 0.717) is 12.5 Å². The molecule has 0 atom stereocenters. The van der Waals surface area contributed by atoms with Crippen molar-refractivity contribution >= 4 is 17.6 Å². The highest BCUT2D eigenvalue weighted by molar-refractivity contribution is 6.15. The Kier molecular flexibility index (Phi) is 4.78. The van der Waals surface area contributed by atoms with Gasteiger partial charge in [0, 0.05) is 11.1 Å². The molecule has 0 amide bonds. The van der Waals surface area contributed by atoms with E-state index in [1.165, 1.54) is 5.56 Å². The van der Waals surface area contributed by atoms with Gasteiger partial charge in [0.25, 0.3) is 5.95 Å². The highest BCUT2D eigenvalue weighted by Crippen LogP contribution is 2.30. The molecular formula is C25H21N5O2. The van der Waals surface area contributed by atoms with Crippen molar-refractivity contribution in [3.63, 3.8) is 0 Å². The summed E-state index contributed by atoms with van der Waals surface area (Å²) in [6.45, 7) is 4.40. The van der Waals surface area contributed by atoms with Gasteiger partial charge in [0.15, 0.2) is 0 Å². The van der Waals surface area contributed by atoms with Crippen LogP contribution in [0.25, 0.3) is 5.69 Å². The van der Waals surface area contributed by atoms with Crippen LogP contribution in [-0.2, 0) is 6.54 Å². The van der Waals surface area contributed by atoms with Crippen molar-refractivity contribution in [2.75, 3.05) is 5.01 Å². The van der Waals surface area contributed by atoms with Gasteiger partial charge in [0.05, 0.1) is 17.8 Å². The van der Waals surface area contributed by atoms with Gasteiger partial charge < -0.3 is 5.11 Å². The summed E-state index contributed by atoms with van der Waals surface area (Å²) in [6.07, 6.45) is 0. The molecule has 3 aromatic carbocycles.